The van der Waals surface area contributed by atoms with Crippen molar-refractivity contribution in [2.45, 2.75) is 45.6 Å². The normalized spacial score (nSPS) is 15.5. The second-order valence-corrected chi connectivity index (χ2v) is 9.10. The lowest BCUT2D eigenvalue weighted by atomic mass is 10.0. The first-order valence-corrected chi connectivity index (χ1v) is 10.3. The molecule has 9 nitrogen and oxygen atoms in total. The molecule has 4 N–H and O–H groups in total. The standard InChI is InChI=1S/C16H34N3O6P/c1-13(2)15(16(17)21)18-14(20)9-7-6-8-11-24-26(22,23)25-12-10-19(3,4)5/h13,15H,6-12H2,1-5H3,(H3-,17,18,20,21,22,23)/p+1/t15-/m0/s1. The van der Waals surface area contributed by atoms with Crippen LogP contribution in [-0.4, -0.2) is 68.1 Å². The number of quaternary nitrogens is 1. The first kappa shape index (κ1) is 25.0. The summed E-state index contributed by atoms with van der Waals surface area (Å²) in [5, 5.41) is 2.62. The van der Waals surface area contributed by atoms with Crippen LogP contribution in [0.15, 0.2) is 0 Å². The van der Waals surface area contributed by atoms with Crippen LogP contribution in [0.5, 0.6) is 0 Å². The van der Waals surface area contributed by atoms with Gasteiger partial charge in [0, 0.05) is 6.42 Å². The molecule has 0 saturated carbocycles. The molecule has 0 aliphatic heterocycles. The first-order valence-electron chi connectivity index (χ1n) is 8.85. The average Bonchev–Trinajstić information content (AvgIpc) is 2.46. The van der Waals surface area contributed by atoms with Crippen molar-refractivity contribution in [3.05, 3.63) is 0 Å². The highest BCUT2D eigenvalue weighted by atomic mass is 31.2. The van der Waals surface area contributed by atoms with E-state index in [-0.39, 0.29) is 31.5 Å². The summed E-state index contributed by atoms with van der Waals surface area (Å²) in [7, 11) is 1.83. The number of likely N-dealkylation sites (N-methyl/N-ethyl adjacent to an activating group) is 1. The average molecular weight is 396 g/mol. The van der Waals surface area contributed by atoms with Crippen molar-refractivity contribution in [1.29, 1.82) is 0 Å². The summed E-state index contributed by atoms with van der Waals surface area (Å²) in [6.45, 7) is 4.42. The molecule has 0 bridgehead atoms. The molecule has 0 heterocycles. The number of carbonyl (C=O) groups excluding carboxylic acids is 2. The van der Waals surface area contributed by atoms with Gasteiger partial charge in [-0.2, -0.15) is 0 Å². The largest absolute Gasteiger partial charge is 0.472 e. The quantitative estimate of drug-likeness (QED) is 0.228. The number of hydrogen-bond donors (Lipinski definition) is 3. The lowest BCUT2D eigenvalue weighted by Crippen LogP contribution is -2.47. The first-order chi connectivity index (χ1) is 11.8. The van der Waals surface area contributed by atoms with Crippen molar-refractivity contribution in [2.24, 2.45) is 11.7 Å². The smallest absolute Gasteiger partial charge is 0.368 e. The van der Waals surface area contributed by atoms with Crippen molar-refractivity contribution in [3.8, 4) is 0 Å². The Kier molecular flexibility index (Phi) is 11.2. The second kappa shape index (κ2) is 11.7. The predicted octanol–water partition coefficient (Wildman–Crippen LogP) is 1.01. The third kappa shape index (κ3) is 13.2. The predicted molar refractivity (Wildman–Crippen MR) is 99.1 cm³/mol. The summed E-state index contributed by atoms with van der Waals surface area (Å²) in [5.41, 5.74) is 5.25. The van der Waals surface area contributed by atoms with Crippen LogP contribution >= 0.6 is 7.82 Å². The summed E-state index contributed by atoms with van der Waals surface area (Å²) in [6.07, 6.45) is 2.01. The summed E-state index contributed by atoms with van der Waals surface area (Å²) in [5.74, 6) is -0.855. The zero-order valence-electron chi connectivity index (χ0n) is 16.6. The molecule has 0 aliphatic carbocycles. The fourth-order valence-electron chi connectivity index (χ4n) is 2.02. The van der Waals surface area contributed by atoms with E-state index in [0.29, 0.717) is 30.3 Å². The Morgan fingerprint density at radius 2 is 1.69 bits per heavy atom. The van der Waals surface area contributed by atoms with Crippen molar-refractivity contribution < 1.29 is 32.6 Å². The number of unbranched alkanes of at least 4 members (excludes halogenated alkanes) is 2. The number of hydrogen-bond acceptors (Lipinski definition) is 5. The van der Waals surface area contributed by atoms with E-state index in [1.807, 2.05) is 35.0 Å². The van der Waals surface area contributed by atoms with E-state index >= 15 is 0 Å². The number of primary amides is 1. The molecule has 154 valence electrons. The van der Waals surface area contributed by atoms with E-state index in [9.17, 15) is 19.0 Å². The van der Waals surface area contributed by atoms with Crippen molar-refractivity contribution in [2.75, 3.05) is 40.9 Å². The van der Waals surface area contributed by atoms with Gasteiger partial charge in [0.2, 0.25) is 11.8 Å². The third-order valence-corrected chi connectivity index (χ3v) is 4.63. The van der Waals surface area contributed by atoms with Gasteiger partial charge in [0.05, 0.1) is 27.7 Å². The van der Waals surface area contributed by atoms with Gasteiger partial charge in [-0.05, 0) is 18.8 Å². The zero-order valence-corrected chi connectivity index (χ0v) is 17.5. The molecule has 1 unspecified atom stereocenters. The molecule has 0 aromatic carbocycles. The molecular formula is C16H35N3O6P+. The molecular weight excluding hydrogens is 361 g/mol. The maximum atomic E-state index is 11.8. The molecule has 26 heavy (non-hydrogen) atoms. The summed E-state index contributed by atoms with van der Waals surface area (Å²) in [4.78, 5) is 32.6. The Morgan fingerprint density at radius 3 is 2.19 bits per heavy atom. The number of amides is 2. The van der Waals surface area contributed by atoms with Crippen LogP contribution < -0.4 is 11.1 Å². The van der Waals surface area contributed by atoms with E-state index in [1.165, 1.54) is 0 Å². The van der Waals surface area contributed by atoms with Crippen LogP contribution in [0.1, 0.15) is 39.5 Å². The lowest BCUT2D eigenvalue weighted by molar-refractivity contribution is -0.870. The van der Waals surface area contributed by atoms with E-state index in [0.717, 1.165) is 0 Å². The van der Waals surface area contributed by atoms with Gasteiger partial charge in [0.15, 0.2) is 0 Å². The SMILES string of the molecule is CC(C)[C@H](NC(=O)CCCCCOP(=O)(O)OCC[N+](C)(C)C)C(N)=O. The molecule has 0 fully saturated rings. The molecule has 0 spiro atoms. The molecule has 0 radical (unpaired) electrons. The monoisotopic (exact) mass is 396 g/mol. The van der Waals surface area contributed by atoms with Crippen LogP contribution in [0, 0.1) is 5.92 Å². The minimum absolute atomic E-state index is 0.0689. The Balaban J connectivity index is 3.87. The van der Waals surface area contributed by atoms with Crippen LogP contribution in [0.3, 0.4) is 0 Å². The second-order valence-electron chi connectivity index (χ2n) is 7.65. The van der Waals surface area contributed by atoms with Gasteiger partial charge >= 0.3 is 7.82 Å². The summed E-state index contributed by atoms with van der Waals surface area (Å²) < 4.78 is 22.1. The number of phosphoric ester groups is 1. The molecule has 10 heteroatoms. The van der Waals surface area contributed by atoms with E-state index < -0.39 is 19.8 Å². The fourth-order valence-corrected chi connectivity index (χ4v) is 2.77. The molecule has 0 aliphatic rings. The van der Waals surface area contributed by atoms with Crippen molar-refractivity contribution in [1.82, 2.24) is 5.32 Å². The van der Waals surface area contributed by atoms with Gasteiger partial charge in [-0.15, -0.1) is 0 Å². The molecule has 0 saturated heterocycles. The zero-order chi connectivity index (χ0) is 20.4. The van der Waals surface area contributed by atoms with Crippen molar-refractivity contribution >= 4 is 19.6 Å². The highest BCUT2D eigenvalue weighted by Gasteiger charge is 2.23. The molecule has 0 rings (SSSR count). The summed E-state index contributed by atoms with van der Waals surface area (Å²) >= 11 is 0. The molecule has 0 aromatic heterocycles. The number of nitrogens with one attached hydrogen (secondary N) is 1. The number of rotatable bonds is 14. The van der Waals surface area contributed by atoms with E-state index in [1.54, 1.807) is 0 Å². The van der Waals surface area contributed by atoms with Crippen LogP contribution in [0.25, 0.3) is 0 Å². The van der Waals surface area contributed by atoms with Crippen LogP contribution in [-0.2, 0) is 23.2 Å². The number of phosphoric acid groups is 1. The van der Waals surface area contributed by atoms with Gasteiger partial charge in [-0.1, -0.05) is 20.3 Å². The van der Waals surface area contributed by atoms with Crippen LogP contribution in [0.2, 0.25) is 0 Å². The maximum absolute atomic E-state index is 11.8. The van der Waals surface area contributed by atoms with E-state index in [4.69, 9.17) is 14.8 Å². The molecule has 0 aromatic rings. The maximum Gasteiger partial charge on any atom is 0.472 e. The minimum Gasteiger partial charge on any atom is -0.368 e. The summed E-state index contributed by atoms with van der Waals surface area (Å²) in [6, 6.07) is -0.671. The van der Waals surface area contributed by atoms with Crippen molar-refractivity contribution in [3.63, 3.8) is 0 Å². The van der Waals surface area contributed by atoms with E-state index in [2.05, 4.69) is 5.32 Å². The van der Waals surface area contributed by atoms with Gasteiger partial charge in [-0.25, -0.2) is 4.57 Å². The van der Waals surface area contributed by atoms with Gasteiger partial charge in [0.1, 0.15) is 19.2 Å². The third-order valence-electron chi connectivity index (χ3n) is 3.61. The van der Waals surface area contributed by atoms with Gasteiger partial charge in [-0.3, -0.25) is 18.6 Å². The molecule has 2 atom stereocenters. The number of nitrogens with two attached hydrogens (primary N) is 1. The highest BCUT2D eigenvalue weighted by molar-refractivity contribution is 7.47. The highest BCUT2D eigenvalue weighted by Crippen LogP contribution is 2.43. The Hall–Kier alpha value is -0.990. The Morgan fingerprint density at radius 1 is 1.12 bits per heavy atom. The minimum atomic E-state index is -4.03. The fraction of sp³-hybridized carbons (Fsp3) is 0.875. The van der Waals surface area contributed by atoms with Gasteiger partial charge in [0.25, 0.3) is 0 Å². The van der Waals surface area contributed by atoms with Gasteiger partial charge < -0.3 is 20.4 Å². The number of nitrogens with zero attached hydrogens (tertiary/aromatic N) is 1. The Labute approximate surface area is 156 Å². The van der Waals surface area contributed by atoms with Crippen LogP contribution in [0.4, 0.5) is 0 Å². The number of carbonyl (C=O) groups is 2. The molecule has 2 amide bonds. The topological polar surface area (TPSA) is 128 Å². The Bertz CT molecular complexity index is 493. The lowest BCUT2D eigenvalue weighted by Gasteiger charge is -2.24.